The molecule has 2 rings (SSSR count). The number of nitrogens with zero attached hydrogens (tertiary/aromatic N) is 1. The second kappa shape index (κ2) is 6.16. The SMILES string of the molecule is Cc1cc(NC(=O)N2CCCC(C)C2C)ccc1C(=O)O. The van der Waals surface area contributed by atoms with E-state index in [2.05, 4.69) is 19.2 Å². The van der Waals surface area contributed by atoms with E-state index >= 15 is 0 Å². The van der Waals surface area contributed by atoms with Crippen molar-refractivity contribution in [3.63, 3.8) is 0 Å². The van der Waals surface area contributed by atoms with Crippen molar-refractivity contribution < 1.29 is 14.7 Å². The van der Waals surface area contributed by atoms with Gasteiger partial charge >= 0.3 is 12.0 Å². The number of hydrogen-bond donors (Lipinski definition) is 2. The Hall–Kier alpha value is -2.04. The molecule has 5 heteroatoms. The lowest BCUT2D eigenvalue weighted by atomic mass is 9.92. The number of piperidine rings is 1. The number of aryl methyl sites for hydroxylation is 1. The lowest BCUT2D eigenvalue weighted by Gasteiger charge is -2.37. The van der Waals surface area contributed by atoms with Gasteiger partial charge in [0.2, 0.25) is 0 Å². The Morgan fingerprint density at radius 3 is 2.67 bits per heavy atom. The number of urea groups is 1. The number of hydrogen-bond acceptors (Lipinski definition) is 2. The second-order valence-corrected chi connectivity index (χ2v) is 5.82. The van der Waals surface area contributed by atoms with Crippen LogP contribution >= 0.6 is 0 Å². The van der Waals surface area contributed by atoms with Gasteiger partial charge in [-0.1, -0.05) is 6.92 Å². The molecule has 1 aromatic carbocycles. The molecule has 2 amide bonds. The number of likely N-dealkylation sites (tertiary alicyclic amines) is 1. The number of carboxylic acids is 1. The van der Waals surface area contributed by atoms with Gasteiger partial charge < -0.3 is 15.3 Å². The third-order valence-corrected chi connectivity index (χ3v) is 4.34. The number of carboxylic acid groups (broad SMARTS) is 1. The lowest BCUT2D eigenvalue weighted by molar-refractivity contribution is 0.0696. The summed E-state index contributed by atoms with van der Waals surface area (Å²) in [5.41, 5.74) is 1.53. The van der Waals surface area contributed by atoms with Crippen molar-refractivity contribution in [3.05, 3.63) is 29.3 Å². The van der Waals surface area contributed by atoms with Crippen LogP contribution in [0, 0.1) is 12.8 Å². The summed E-state index contributed by atoms with van der Waals surface area (Å²) in [5, 5.41) is 11.9. The summed E-state index contributed by atoms with van der Waals surface area (Å²) in [6.07, 6.45) is 2.17. The monoisotopic (exact) mass is 290 g/mol. The fraction of sp³-hybridized carbons (Fsp3) is 0.500. The van der Waals surface area contributed by atoms with Gasteiger partial charge in [-0.2, -0.15) is 0 Å². The maximum atomic E-state index is 12.4. The molecule has 0 bridgehead atoms. The molecule has 0 saturated carbocycles. The number of anilines is 1. The van der Waals surface area contributed by atoms with Crippen molar-refractivity contribution in [3.8, 4) is 0 Å². The second-order valence-electron chi connectivity index (χ2n) is 5.82. The van der Waals surface area contributed by atoms with Crippen LogP contribution in [0.1, 0.15) is 42.6 Å². The molecule has 2 atom stereocenters. The summed E-state index contributed by atoms with van der Waals surface area (Å²) in [6.45, 7) is 6.73. The van der Waals surface area contributed by atoms with Crippen molar-refractivity contribution in [1.82, 2.24) is 4.90 Å². The molecule has 1 aliphatic rings. The summed E-state index contributed by atoms with van der Waals surface area (Å²) < 4.78 is 0. The minimum atomic E-state index is -0.955. The summed E-state index contributed by atoms with van der Waals surface area (Å²) in [6, 6.07) is 4.95. The van der Waals surface area contributed by atoms with Crippen LogP contribution in [0.25, 0.3) is 0 Å². The molecule has 0 aromatic heterocycles. The highest BCUT2D eigenvalue weighted by Crippen LogP contribution is 2.24. The average Bonchev–Trinajstić information content (AvgIpc) is 2.41. The van der Waals surface area contributed by atoms with Crippen molar-refractivity contribution in [2.24, 2.45) is 5.92 Å². The third kappa shape index (κ3) is 3.35. The van der Waals surface area contributed by atoms with Gasteiger partial charge in [0.1, 0.15) is 0 Å². The van der Waals surface area contributed by atoms with Gasteiger partial charge in [-0.3, -0.25) is 0 Å². The molecule has 1 fully saturated rings. The number of nitrogens with one attached hydrogen (secondary N) is 1. The first-order valence-corrected chi connectivity index (χ1v) is 7.31. The van der Waals surface area contributed by atoms with Crippen molar-refractivity contribution in [2.45, 2.75) is 39.7 Å². The highest BCUT2D eigenvalue weighted by molar-refractivity contribution is 5.93. The van der Waals surface area contributed by atoms with Crippen LogP contribution in [-0.2, 0) is 0 Å². The zero-order valence-electron chi connectivity index (χ0n) is 12.7. The van der Waals surface area contributed by atoms with E-state index in [1.165, 1.54) is 6.07 Å². The molecule has 0 radical (unpaired) electrons. The first-order chi connectivity index (χ1) is 9.90. The Kier molecular flexibility index (Phi) is 4.50. The molecular weight excluding hydrogens is 268 g/mol. The predicted octanol–water partition coefficient (Wildman–Crippen LogP) is 3.35. The zero-order chi connectivity index (χ0) is 15.6. The van der Waals surface area contributed by atoms with E-state index in [9.17, 15) is 9.59 Å². The number of rotatable bonds is 2. The highest BCUT2D eigenvalue weighted by atomic mass is 16.4. The normalized spacial score (nSPS) is 22.0. The lowest BCUT2D eigenvalue weighted by Crippen LogP contribution is -2.47. The Balaban J connectivity index is 2.09. The van der Waals surface area contributed by atoms with Crippen LogP contribution in [-0.4, -0.2) is 34.6 Å². The highest BCUT2D eigenvalue weighted by Gasteiger charge is 2.28. The van der Waals surface area contributed by atoms with E-state index in [4.69, 9.17) is 5.11 Å². The van der Waals surface area contributed by atoms with Gasteiger partial charge in [-0.15, -0.1) is 0 Å². The van der Waals surface area contributed by atoms with Crippen LogP contribution in [0.15, 0.2) is 18.2 Å². The zero-order valence-corrected chi connectivity index (χ0v) is 12.7. The van der Waals surface area contributed by atoms with Crippen LogP contribution in [0.5, 0.6) is 0 Å². The topological polar surface area (TPSA) is 69.6 Å². The van der Waals surface area contributed by atoms with Crippen LogP contribution in [0.3, 0.4) is 0 Å². The number of carbonyl (C=O) groups is 2. The summed E-state index contributed by atoms with van der Waals surface area (Å²) in [7, 11) is 0. The Morgan fingerprint density at radius 1 is 1.33 bits per heavy atom. The minimum Gasteiger partial charge on any atom is -0.478 e. The number of amides is 2. The number of benzene rings is 1. The van der Waals surface area contributed by atoms with E-state index in [1.54, 1.807) is 19.1 Å². The van der Waals surface area contributed by atoms with E-state index in [-0.39, 0.29) is 17.6 Å². The van der Waals surface area contributed by atoms with Gasteiger partial charge in [0.05, 0.1) is 5.56 Å². The third-order valence-electron chi connectivity index (χ3n) is 4.34. The first kappa shape index (κ1) is 15.4. The van der Waals surface area contributed by atoms with Gasteiger partial charge in [0.25, 0.3) is 0 Å². The fourth-order valence-electron chi connectivity index (χ4n) is 2.80. The summed E-state index contributed by atoms with van der Waals surface area (Å²) in [4.78, 5) is 25.2. The molecule has 21 heavy (non-hydrogen) atoms. The number of carbonyl (C=O) groups excluding carboxylic acids is 1. The first-order valence-electron chi connectivity index (χ1n) is 7.31. The molecule has 0 spiro atoms. The standard InChI is InChI=1S/C16H22N2O3/c1-10-5-4-8-18(12(10)3)16(21)17-13-6-7-14(15(19)20)11(2)9-13/h6-7,9-10,12H,4-5,8H2,1-3H3,(H,17,21)(H,19,20). The Morgan fingerprint density at radius 2 is 2.05 bits per heavy atom. The predicted molar refractivity (Wildman–Crippen MR) is 81.7 cm³/mol. The maximum absolute atomic E-state index is 12.4. The number of aromatic carboxylic acids is 1. The maximum Gasteiger partial charge on any atom is 0.335 e. The van der Waals surface area contributed by atoms with E-state index in [0.29, 0.717) is 17.2 Å². The molecular formula is C16H22N2O3. The molecule has 2 unspecified atom stereocenters. The minimum absolute atomic E-state index is 0.114. The molecule has 1 aliphatic heterocycles. The quantitative estimate of drug-likeness (QED) is 0.877. The Bertz CT molecular complexity index is 556. The molecule has 5 nitrogen and oxygen atoms in total. The molecule has 1 saturated heterocycles. The molecule has 0 aliphatic carbocycles. The van der Waals surface area contributed by atoms with Crippen molar-refractivity contribution >= 4 is 17.7 Å². The molecule has 114 valence electrons. The largest absolute Gasteiger partial charge is 0.478 e. The fourth-order valence-corrected chi connectivity index (χ4v) is 2.80. The summed E-state index contributed by atoms with van der Waals surface area (Å²) in [5.74, 6) is -0.454. The van der Waals surface area contributed by atoms with Crippen LogP contribution in [0.4, 0.5) is 10.5 Å². The smallest absolute Gasteiger partial charge is 0.335 e. The van der Waals surface area contributed by atoms with Crippen molar-refractivity contribution in [1.29, 1.82) is 0 Å². The van der Waals surface area contributed by atoms with Gasteiger partial charge in [0.15, 0.2) is 0 Å². The Labute approximate surface area is 125 Å². The van der Waals surface area contributed by atoms with E-state index in [0.717, 1.165) is 19.4 Å². The molecule has 2 N–H and O–H groups in total. The van der Waals surface area contributed by atoms with Gasteiger partial charge in [0, 0.05) is 18.3 Å². The van der Waals surface area contributed by atoms with Crippen LogP contribution < -0.4 is 5.32 Å². The average molecular weight is 290 g/mol. The molecule has 1 heterocycles. The summed E-state index contributed by atoms with van der Waals surface area (Å²) >= 11 is 0. The van der Waals surface area contributed by atoms with Crippen LogP contribution in [0.2, 0.25) is 0 Å². The van der Waals surface area contributed by atoms with E-state index < -0.39 is 5.97 Å². The molecule has 1 aromatic rings. The van der Waals surface area contributed by atoms with E-state index in [1.807, 2.05) is 4.90 Å². The van der Waals surface area contributed by atoms with Gasteiger partial charge in [-0.25, -0.2) is 9.59 Å². The van der Waals surface area contributed by atoms with Crippen molar-refractivity contribution in [2.75, 3.05) is 11.9 Å². The van der Waals surface area contributed by atoms with Gasteiger partial charge in [-0.05, 0) is 56.4 Å².